The molecule has 0 saturated heterocycles. The van der Waals surface area contributed by atoms with Crippen LogP contribution in [0.15, 0.2) is 34.9 Å². The van der Waals surface area contributed by atoms with Crippen LogP contribution in [0.4, 0.5) is 0 Å². The van der Waals surface area contributed by atoms with Gasteiger partial charge < -0.3 is 10.4 Å². The first-order valence-corrected chi connectivity index (χ1v) is 9.90. The van der Waals surface area contributed by atoms with E-state index in [1.807, 2.05) is 0 Å². The van der Waals surface area contributed by atoms with Gasteiger partial charge in [-0.25, -0.2) is 4.79 Å². The molecule has 25 heavy (non-hydrogen) atoms. The highest BCUT2D eigenvalue weighted by Gasteiger charge is 2.17. The summed E-state index contributed by atoms with van der Waals surface area (Å²) in [6.45, 7) is 9.87. The highest BCUT2D eigenvalue weighted by Crippen LogP contribution is 2.13. The van der Waals surface area contributed by atoms with E-state index in [1.165, 1.54) is 35.4 Å². The standard InChI is InChI=1S/C20H33NO3S/c1-15(2)8-6-9-16(3)10-7-11-17(4)12-13-25-14-19(20(23)24)21-18(5)22/h8,10,12,19H,6-7,9,11,13-14H2,1-5H3,(H,21,22)(H,23,24)/b16-10?,17-12+/t19-/m0/s1. The summed E-state index contributed by atoms with van der Waals surface area (Å²) in [4.78, 5) is 22.0. The fourth-order valence-corrected chi connectivity index (χ4v) is 3.15. The van der Waals surface area contributed by atoms with E-state index in [0.29, 0.717) is 5.75 Å². The summed E-state index contributed by atoms with van der Waals surface area (Å²) in [7, 11) is 0. The average Bonchev–Trinajstić information content (AvgIpc) is 2.49. The van der Waals surface area contributed by atoms with Gasteiger partial charge in [-0.05, 0) is 53.4 Å². The lowest BCUT2D eigenvalue weighted by Crippen LogP contribution is -2.41. The molecule has 0 spiro atoms. The van der Waals surface area contributed by atoms with Gasteiger partial charge in [0.1, 0.15) is 6.04 Å². The molecule has 0 aliphatic carbocycles. The summed E-state index contributed by atoms with van der Waals surface area (Å²) in [6.07, 6.45) is 11.0. The maximum absolute atomic E-state index is 11.0. The molecular weight excluding hydrogens is 334 g/mol. The number of amides is 1. The summed E-state index contributed by atoms with van der Waals surface area (Å²) < 4.78 is 0. The summed E-state index contributed by atoms with van der Waals surface area (Å²) in [5, 5.41) is 11.5. The molecule has 0 unspecified atom stereocenters. The largest absolute Gasteiger partial charge is 0.480 e. The number of thioether (sulfide) groups is 1. The van der Waals surface area contributed by atoms with Gasteiger partial charge in [0.05, 0.1) is 0 Å². The predicted molar refractivity (Wildman–Crippen MR) is 108 cm³/mol. The molecular formula is C20H33NO3S. The Kier molecular flexibility index (Phi) is 12.9. The van der Waals surface area contributed by atoms with Crippen LogP contribution >= 0.6 is 11.8 Å². The Balaban J connectivity index is 4.07. The van der Waals surface area contributed by atoms with Crippen molar-refractivity contribution in [3.8, 4) is 0 Å². The number of carbonyl (C=O) groups excluding carboxylic acids is 1. The van der Waals surface area contributed by atoms with E-state index in [2.05, 4.69) is 51.2 Å². The Hall–Kier alpha value is -1.49. The number of nitrogens with one attached hydrogen (secondary N) is 1. The minimum Gasteiger partial charge on any atom is -0.480 e. The second-order valence-electron chi connectivity index (χ2n) is 6.59. The third-order valence-electron chi connectivity index (χ3n) is 3.63. The van der Waals surface area contributed by atoms with E-state index < -0.39 is 12.0 Å². The second kappa shape index (κ2) is 13.8. The Bertz CT molecular complexity index is 517. The molecule has 0 aliphatic heterocycles. The lowest BCUT2D eigenvalue weighted by Gasteiger charge is -2.12. The maximum Gasteiger partial charge on any atom is 0.327 e. The molecule has 0 radical (unpaired) electrons. The van der Waals surface area contributed by atoms with Gasteiger partial charge >= 0.3 is 5.97 Å². The highest BCUT2D eigenvalue weighted by molar-refractivity contribution is 7.99. The van der Waals surface area contributed by atoms with E-state index in [9.17, 15) is 9.59 Å². The summed E-state index contributed by atoms with van der Waals surface area (Å²) in [5.74, 6) is -0.163. The molecule has 1 amide bonds. The number of rotatable bonds is 12. The van der Waals surface area contributed by atoms with Crippen LogP contribution in [0.1, 0.15) is 60.3 Å². The first kappa shape index (κ1) is 23.5. The van der Waals surface area contributed by atoms with Gasteiger partial charge in [-0.1, -0.05) is 34.9 Å². The quantitative estimate of drug-likeness (QED) is 0.387. The van der Waals surface area contributed by atoms with Crippen LogP contribution in [-0.2, 0) is 9.59 Å². The molecule has 0 heterocycles. The SMILES string of the molecule is CC(=O)N[C@@H](CSC/C=C(\C)CCC=C(C)CCC=C(C)C)C(=O)O. The van der Waals surface area contributed by atoms with Crippen molar-refractivity contribution in [3.63, 3.8) is 0 Å². The van der Waals surface area contributed by atoms with E-state index in [0.717, 1.165) is 31.4 Å². The predicted octanol–water partition coefficient (Wildman–Crippen LogP) is 4.73. The average molecular weight is 368 g/mol. The Morgan fingerprint density at radius 1 is 0.960 bits per heavy atom. The number of hydrogen-bond acceptors (Lipinski definition) is 3. The monoisotopic (exact) mass is 367 g/mol. The molecule has 0 aromatic rings. The molecule has 0 fully saturated rings. The lowest BCUT2D eigenvalue weighted by atomic mass is 10.1. The lowest BCUT2D eigenvalue weighted by molar-refractivity contribution is -0.140. The van der Waals surface area contributed by atoms with Crippen LogP contribution < -0.4 is 5.32 Å². The van der Waals surface area contributed by atoms with Crippen molar-refractivity contribution in [3.05, 3.63) is 34.9 Å². The van der Waals surface area contributed by atoms with E-state index in [4.69, 9.17) is 5.11 Å². The molecule has 142 valence electrons. The second-order valence-corrected chi connectivity index (χ2v) is 7.66. The first-order valence-electron chi connectivity index (χ1n) is 8.74. The number of carboxylic acids is 1. The Morgan fingerprint density at radius 2 is 1.52 bits per heavy atom. The van der Waals surface area contributed by atoms with Crippen LogP contribution in [0, 0.1) is 0 Å². The molecule has 0 saturated carbocycles. The number of allylic oxidation sites excluding steroid dienone is 5. The zero-order valence-electron chi connectivity index (χ0n) is 16.2. The summed E-state index contributed by atoms with van der Waals surface area (Å²) >= 11 is 1.52. The van der Waals surface area contributed by atoms with Crippen LogP contribution in [0.25, 0.3) is 0 Å². The Labute approximate surface area is 156 Å². The molecule has 4 nitrogen and oxygen atoms in total. The first-order chi connectivity index (χ1) is 11.7. The summed E-state index contributed by atoms with van der Waals surface area (Å²) in [5.41, 5.74) is 4.11. The van der Waals surface area contributed by atoms with Crippen LogP contribution in [-0.4, -0.2) is 34.5 Å². The topological polar surface area (TPSA) is 66.4 Å². The van der Waals surface area contributed by atoms with Gasteiger partial charge in [0.25, 0.3) is 0 Å². The van der Waals surface area contributed by atoms with Crippen molar-refractivity contribution in [2.24, 2.45) is 0 Å². The third-order valence-corrected chi connectivity index (χ3v) is 4.60. The number of hydrogen-bond donors (Lipinski definition) is 2. The number of carbonyl (C=O) groups is 2. The molecule has 2 N–H and O–H groups in total. The third kappa shape index (κ3) is 14.6. The molecule has 1 atom stereocenters. The van der Waals surface area contributed by atoms with Gasteiger partial charge in [0, 0.05) is 18.4 Å². The molecule has 0 aliphatic rings. The molecule has 0 bridgehead atoms. The van der Waals surface area contributed by atoms with Crippen molar-refractivity contribution in [2.75, 3.05) is 11.5 Å². The Morgan fingerprint density at radius 3 is 2.04 bits per heavy atom. The zero-order chi connectivity index (χ0) is 19.2. The van der Waals surface area contributed by atoms with Crippen molar-refractivity contribution in [2.45, 2.75) is 66.3 Å². The van der Waals surface area contributed by atoms with Crippen LogP contribution in [0.2, 0.25) is 0 Å². The fraction of sp³-hybridized carbons (Fsp3) is 0.600. The molecule has 0 rings (SSSR count). The molecule has 0 aromatic heterocycles. The minimum absolute atomic E-state index is 0.313. The zero-order valence-corrected chi connectivity index (χ0v) is 17.0. The number of carboxylic acid groups (broad SMARTS) is 1. The van der Waals surface area contributed by atoms with E-state index in [-0.39, 0.29) is 5.91 Å². The molecule has 0 aromatic carbocycles. The number of aliphatic carboxylic acids is 1. The van der Waals surface area contributed by atoms with Gasteiger partial charge in [0.15, 0.2) is 0 Å². The van der Waals surface area contributed by atoms with Gasteiger partial charge in [0.2, 0.25) is 5.91 Å². The van der Waals surface area contributed by atoms with Gasteiger partial charge in [-0.2, -0.15) is 11.8 Å². The van der Waals surface area contributed by atoms with Crippen molar-refractivity contribution < 1.29 is 14.7 Å². The fourth-order valence-electron chi connectivity index (χ4n) is 2.15. The van der Waals surface area contributed by atoms with Crippen molar-refractivity contribution in [1.82, 2.24) is 5.32 Å². The van der Waals surface area contributed by atoms with Crippen LogP contribution in [0.3, 0.4) is 0 Å². The van der Waals surface area contributed by atoms with Crippen LogP contribution in [0.5, 0.6) is 0 Å². The van der Waals surface area contributed by atoms with E-state index in [1.54, 1.807) is 0 Å². The smallest absolute Gasteiger partial charge is 0.327 e. The van der Waals surface area contributed by atoms with Crippen molar-refractivity contribution in [1.29, 1.82) is 0 Å². The normalized spacial score (nSPS) is 13.3. The minimum atomic E-state index is -0.989. The van der Waals surface area contributed by atoms with E-state index >= 15 is 0 Å². The van der Waals surface area contributed by atoms with Gasteiger partial charge in [-0.15, -0.1) is 0 Å². The summed E-state index contributed by atoms with van der Waals surface area (Å²) in [6, 6.07) is -0.817. The van der Waals surface area contributed by atoms with Crippen molar-refractivity contribution >= 4 is 23.6 Å². The highest BCUT2D eigenvalue weighted by atomic mass is 32.2. The molecule has 5 heteroatoms. The maximum atomic E-state index is 11.0. The van der Waals surface area contributed by atoms with Gasteiger partial charge in [-0.3, -0.25) is 4.79 Å².